The Hall–Kier alpha value is -1.26. The smallest absolute Gasteiger partial charge is 0.342 e. The van der Waals surface area contributed by atoms with Crippen molar-refractivity contribution < 1.29 is 14.3 Å². The largest absolute Gasteiger partial charge is 0.489 e. The monoisotopic (exact) mass is 343 g/mol. The second-order valence-electron chi connectivity index (χ2n) is 6.46. The van der Waals surface area contributed by atoms with E-state index in [0.717, 1.165) is 0 Å². The van der Waals surface area contributed by atoms with Crippen molar-refractivity contribution >= 4 is 35.1 Å². The number of esters is 1. The van der Waals surface area contributed by atoms with Crippen molar-refractivity contribution in [3.05, 3.63) is 27.7 Å². The molecule has 0 radical (unpaired) electrons. The van der Waals surface area contributed by atoms with Crippen molar-refractivity contribution in [1.82, 2.24) is 0 Å². The number of carbonyl (C=O) groups excluding carboxylic acids is 1. The maximum absolute atomic E-state index is 12.1. The van der Waals surface area contributed by atoms with Crippen molar-refractivity contribution in [2.45, 2.75) is 46.8 Å². The summed E-state index contributed by atoms with van der Waals surface area (Å²) in [4.78, 5) is 16.5. The highest BCUT2D eigenvalue weighted by molar-refractivity contribution is 6.43. The first-order valence-electron chi connectivity index (χ1n) is 7.05. The number of cyclic esters (lactones) is 1. The third-order valence-electron chi connectivity index (χ3n) is 3.04. The molecule has 0 aliphatic carbocycles. The van der Waals surface area contributed by atoms with Gasteiger partial charge in [0.2, 0.25) is 0 Å². The lowest BCUT2D eigenvalue weighted by atomic mass is 9.97. The highest BCUT2D eigenvalue weighted by Crippen LogP contribution is 2.41. The molecule has 1 unspecified atom stereocenters. The Morgan fingerprint density at radius 1 is 1.23 bits per heavy atom. The average molecular weight is 344 g/mol. The minimum atomic E-state index is -0.785. The molecule has 1 heterocycles. The molecule has 0 saturated heterocycles. The highest BCUT2D eigenvalue weighted by atomic mass is 35.5. The molecular weight excluding hydrogens is 325 g/mol. The van der Waals surface area contributed by atoms with Gasteiger partial charge in [-0.25, -0.2) is 9.79 Å². The minimum Gasteiger partial charge on any atom is -0.489 e. The minimum absolute atomic E-state index is 0.0265. The molecule has 4 nitrogen and oxygen atoms in total. The summed E-state index contributed by atoms with van der Waals surface area (Å²) in [5, 5.41) is 0.542. The number of aliphatic imine (C=N–C) groups is 1. The van der Waals surface area contributed by atoms with Gasteiger partial charge in [-0.05, 0) is 19.9 Å². The molecule has 0 saturated carbocycles. The fraction of sp³-hybridized carbons (Fsp3) is 0.500. The SMILES string of the molecule is CC(C)Oc1ccc(C2N=C(C(C)(C)C)OC2=O)c(Cl)c1Cl. The number of hydrogen-bond donors (Lipinski definition) is 0. The van der Waals surface area contributed by atoms with E-state index >= 15 is 0 Å². The molecular formula is C16H19Cl2NO3. The van der Waals surface area contributed by atoms with Gasteiger partial charge in [0.15, 0.2) is 11.9 Å². The lowest BCUT2D eigenvalue weighted by molar-refractivity contribution is -0.135. The van der Waals surface area contributed by atoms with Crippen LogP contribution >= 0.6 is 23.2 Å². The molecule has 0 spiro atoms. The predicted octanol–water partition coefficient (Wildman–Crippen LogP) is 4.82. The second-order valence-corrected chi connectivity index (χ2v) is 7.21. The zero-order chi connectivity index (χ0) is 16.7. The lowest BCUT2D eigenvalue weighted by Gasteiger charge is -2.15. The van der Waals surface area contributed by atoms with Gasteiger partial charge in [0.05, 0.1) is 11.1 Å². The first-order chi connectivity index (χ1) is 10.1. The van der Waals surface area contributed by atoms with Crippen LogP contribution < -0.4 is 4.74 Å². The summed E-state index contributed by atoms with van der Waals surface area (Å²) in [6, 6.07) is 2.61. The van der Waals surface area contributed by atoms with Gasteiger partial charge >= 0.3 is 5.97 Å². The number of rotatable bonds is 3. The molecule has 0 amide bonds. The van der Waals surface area contributed by atoms with Gasteiger partial charge in [0.25, 0.3) is 0 Å². The zero-order valence-corrected chi connectivity index (χ0v) is 14.7. The zero-order valence-electron chi connectivity index (χ0n) is 13.2. The van der Waals surface area contributed by atoms with Gasteiger partial charge in [-0.3, -0.25) is 0 Å². The summed E-state index contributed by atoms with van der Waals surface area (Å²) in [5.41, 5.74) is 0.175. The number of ether oxygens (including phenoxy) is 2. The molecule has 1 aliphatic rings. The molecule has 1 atom stereocenters. The highest BCUT2D eigenvalue weighted by Gasteiger charge is 2.37. The quantitative estimate of drug-likeness (QED) is 0.739. The van der Waals surface area contributed by atoms with E-state index in [1.807, 2.05) is 34.6 Å². The first kappa shape index (κ1) is 17.1. The fourth-order valence-electron chi connectivity index (χ4n) is 1.99. The molecule has 0 aromatic heterocycles. The fourth-order valence-corrected chi connectivity index (χ4v) is 2.47. The van der Waals surface area contributed by atoms with E-state index in [-0.39, 0.29) is 21.6 Å². The van der Waals surface area contributed by atoms with Gasteiger partial charge in [-0.15, -0.1) is 0 Å². The van der Waals surface area contributed by atoms with E-state index in [1.54, 1.807) is 12.1 Å². The van der Waals surface area contributed by atoms with Crippen molar-refractivity contribution in [3.8, 4) is 5.75 Å². The summed E-state index contributed by atoms with van der Waals surface area (Å²) in [5.74, 6) is 0.439. The maximum atomic E-state index is 12.1. The van der Waals surface area contributed by atoms with Gasteiger partial charge in [0.1, 0.15) is 10.8 Å². The van der Waals surface area contributed by atoms with Gasteiger partial charge < -0.3 is 9.47 Å². The Bertz CT molecular complexity index is 633. The molecule has 0 fully saturated rings. The summed E-state index contributed by atoms with van der Waals surface area (Å²) >= 11 is 12.5. The molecule has 22 heavy (non-hydrogen) atoms. The van der Waals surface area contributed by atoms with Crippen LogP contribution in [0.1, 0.15) is 46.2 Å². The Morgan fingerprint density at radius 3 is 2.36 bits per heavy atom. The van der Waals surface area contributed by atoms with Crippen LogP contribution in [0.3, 0.4) is 0 Å². The lowest BCUT2D eigenvalue weighted by Crippen LogP contribution is -2.21. The van der Waals surface area contributed by atoms with Gasteiger partial charge in [-0.1, -0.05) is 50.0 Å². The molecule has 1 aromatic rings. The number of benzene rings is 1. The second kappa shape index (κ2) is 6.09. The van der Waals surface area contributed by atoms with Gasteiger partial charge in [0, 0.05) is 11.0 Å². The van der Waals surface area contributed by atoms with Crippen molar-refractivity contribution in [3.63, 3.8) is 0 Å². The maximum Gasteiger partial charge on any atom is 0.342 e. The van der Waals surface area contributed by atoms with E-state index < -0.39 is 12.0 Å². The van der Waals surface area contributed by atoms with Crippen molar-refractivity contribution in [1.29, 1.82) is 0 Å². The van der Waals surface area contributed by atoms with Crippen LogP contribution in [0.25, 0.3) is 0 Å². The number of nitrogens with zero attached hydrogens (tertiary/aromatic N) is 1. The first-order valence-corrected chi connectivity index (χ1v) is 7.81. The topological polar surface area (TPSA) is 47.9 Å². The van der Waals surface area contributed by atoms with Crippen LogP contribution in [0.4, 0.5) is 0 Å². The molecule has 2 rings (SSSR count). The molecule has 0 bridgehead atoms. The van der Waals surface area contributed by atoms with Crippen LogP contribution in [-0.2, 0) is 9.53 Å². The summed E-state index contributed by atoms with van der Waals surface area (Å²) < 4.78 is 10.8. The Kier molecular flexibility index (Phi) is 4.73. The van der Waals surface area contributed by atoms with E-state index in [4.69, 9.17) is 32.7 Å². The summed E-state index contributed by atoms with van der Waals surface area (Å²) in [7, 11) is 0. The van der Waals surface area contributed by atoms with Crippen LogP contribution in [0.2, 0.25) is 10.0 Å². The van der Waals surface area contributed by atoms with Crippen molar-refractivity contribution in [2.24, 2.45) is 10.4 Å². The number of halogens is 2. The molecule has 1 aliphatic heterocycles. The third-order valence-corrected chi connectivity index (χ3v) is 3.92. The Morgan fingerprint density at radius 2 is 1.86 bits per heavy atom. The normalized spacial score (nSPS) is 18.5. The van der Waals surface area contributed by atoms with E-state index in [2.05, 4.69) is 4.99 Å². The number of hydrogen-bond acceptors (Lipinski definition) is 4. The van der Waals surface area contributed by atoms with Gasteiger partial charge in [-0.2, -0.15) is 0 Å². The Labute approximate surface area is 140 Å². The van der Waals surface area contributed by atoms with E-state index in [9.17, 15) is 4.79 Å². The van der Waals surface area contributed by atoms with Crippen LogP contribution in [-0.4, -0.2) is 18.0 Å². The van der Waals surface area contributed by atoms with Crippen LogP contribution in [0.15, 0.2) is 17.1 Å². The standard InChI is InChI=1S/C16H19Cl2NO3/c1-8(2)21-10-7-6-9(11(17)12(10)18)13-14(20)22-15(19-13)16(3,4)5/h6-8,13H,1-5H3. The third kappa shape index (κ3) is 3.39. The molecule has 0 N–H and O–H groups in total. The predicted molar refractivity (Wildman–Crippen MR) is 87.9 cm³/mol. The van der Waals surface area contributed by atoms with E-state index in [1.165, 1.54) is 0 Å². The average Bonchev–Trinajstić information content (AvgIpc) is 2.77. The molecule has 120 valence electrons. The summed E-state index contributed by atoms with van der Waals surface area (Å²) in [6.07, 6.45) is -0.0265. The van der Waals surface area contributed by atoms with Crippen LogP contribution in [0.5, 0.6) is 5.75 Å². The van der Waals surface area contributed by atoms with Crippen molar-refractivity contribution in [2.75, 3.05) is 0 Å². The molecule has 1 aromatic carbocycles. The van der Waals surface area contributed by atoms with Crippen LogP contribution in [0, 0.1) is 5.41 Å². The molecule has 6 heteroatoms. The Balaban J connectivity index is 2.40. The number of carbonyl (C=O) groups is 1. The summed E-state index contributed by atoms with van der Waals surface area (Å²) in [6.45, 7) is 9.57. The van der Waals surface area contributed by atoms with E-state index in [0.29, 0.717) is 17.2 Å².